The summed E-state index contributed by atoms with van der Waals surface area (Å²) in [6, 6.07) is 0. The second-order valence-electron chi connectivity index (χ2n) is 7.59. The lowest BCUT2D eigenvalue weighted by atomic mass is 9.97. The highest BCUT2D eigenvalue weighted by atomic mass is 16.9. The van der Waals surface area contributed by atoms with Gasteiger partial charge in [0.15, 0.2) is 11.6 Å². The molecule has 0 spiro atoms. The summed E-state index contributed by atoms with van der Waals surface area (Å²) in [5.41, 5.74) is 0.323. The van der Waals surface area contributed by atoms with Crippen molar-refractivity contribution < 1.29 is 33.2 Å². The Hall–Kier alpha value is -0.990. The lowest BCUT2D eigenvalue weighted by molar-refractivity contribution is -0.301. The summed E-state index contributed by atoms with van der Waals surface area (Å²) >= 11 is 0. The average molecular weight is 384 g/mol. The first-order valence-corrected chi connectivity index (χ1v) is 9.98. The van der Waals surface area contributed by atoms with Crippen LogP contribution in [0.4, 0.5) is 0 Å². The van der Waals surface area contributed by atoms with Crippen molar-refractivity contribution in [3.05, 3.63) is 12.2 Å². The Morgan fingerprint density at radius 2 is 1.67 bits per heavy atom. The first-order valence-electron chi connectivity index (χ1n) is 9.98. The van der Waals surface area contributed by atoms with Gasteiger partial charge in [-0.2, -0.15) is 0 Å². The number of hydrogen-bond donors (Lipinski definition) is 0. The summed E-state index contributed by atoms with van der Waals surface area (Å²) in [6.07, 6.45) is 1.61. The average Bonchev–Trinajstić information content (AvgIpc) is 3.23. The van der Waals surface area contributed by atoms with Gasteiger partial charge in [0.25, 0.3) is 0 Å². The third kappa shape index (κ3) is 3.44. The molecule has 0 aromatic carbocycles. The summed E-state index contributed by atoms with van der Waals surface area (Å²) in [4.78, 5) is 12.0. The SMILES string of the molecule is C=C(C)C(=O)OC[C@@]12OC[C@H]3OC(CC)(CC)O[C@H]3[C@@H]1OC(CC)(CC)O2. The van der Waals surface area contributed by atoms with Gasteiger partial charge in [-0.05, 0) is 32.6 Å². The van der Waals surface area contributed by atoms with Crippen LogP contribution in [-0.4, -0.2) is 54.9 Å². The predicted molar refractivity (Wildman–Crippen MR) is 96.8 cm³/mol. The standard InChI is InChI=1S/C20H32O7/c1-7-18(8-2)24-14-11-23-20(12-22-17(21)13(5)6)16(15(14)25-18)26-19(9-3,10-4)27-20/h14-16H,5,7-12H2,1-4,6H3/t14-,15-,16+,20+/m1/s1. The van der Waals surface area contributed by atoms with Gasteiger partial charge < -0.3 is 28.4 Å². The minimum Gasteiger partial charge on any atom is -0.456 e. The molecule has 3 rings (SSSR count). The summed E-state index contributed by atoms with van der Waals surface area (Å²) < 4.78 is 36.8. The molecule has 0 saturated carbocycles. The predicted octanol–water partition coefficient (Wildman–Crippen LogP) is 3.06. The molecule has 0 aliphatic carbocycles. The maximum Gasteiger partial charge on any atom is 0.333 e. The molecule has 0 aromatic heterocycles. The van der Waals surface area contributed by atoms with Crippen LogP contribution in [0, 0.1) is 0 Å². The van der Waals surface area contributed by atoms with Gasteiger partial charge in [0, 0.05) is 5.57 Å². The van der Waals surface area contributed by atoms with Crippen LogP contribution in [0.5, 0.6) is 0 Å². The lowest BCUT2D eigenvalue weighted by Crippen LogP contribution is -2.60. The molecule has 0 bridgehead atoms. The molecule has 4 atom stereocenters. The van der Waals surface area contributed by atoms with E-state index in [0.29, 0.717) is 25.0 Å². The molecule has 0 radical (unpaired) electrons. The van der Waals surface area contributed by atoms with E-state index in [1.165, 1.54) is 0 Å². The second-order valence-corrected chi connectivity index (χ2v) is 7.59. The zero-order chi connectivity index (χ0) is 19.9. The van der Waals surface area contributed by atoms with Gasteiger partial charge in [0.1, 0.15) is 24.9 Å². The van der Waals surface area contributed by atoms with Gasteiger partial charge in [0.2, 0.25) is 5.79 Å². The van der Waals surface area contributed by atoms with Crippen molar-refractivity contribution >= 4 is 5.97 Å². The molecule has 0 amide bonds. The molecule has 7 heteroatoms. The fourth-order valence-corrected chi connectivity index (χ4v) is 4.04. The molecular formula is C20H32O7. The van der Waals surface area contributed by atoms with Crippen molar-refractivity contribution in [2.45, 2.75) is 96.0 Å². The largest absolute Gasteiger partial charge is 0.456 e. The Labute approximate surface area is 161 Å². The summed E-state index contributed by atoms with van der Waals surface area (Å²) in [7, 11) is 0. The number of carbonyl (C=O) groups is 1. The highest BCUT2D eigenvalue weighted by Crippen LogP contribution is 2.50. The molecule has 3 aliphatic heterocycles. The Bertz CT molecular complexity index is 581. The maximum atomic E-state index is 12.0. The number of hydrogen-bond acceptors (Lipinski definition) is 7. The smallest absolute Gasteiger partial charge is 0.333 e. The van der Waals surface area contributed by atoms with Gasteiger partial charge in [-0.1, -0.05) is 34.3 Å². The normalized spacial score (nSPS) is 36.1. The Morgan fingerprint density at radius 1 is 1.04 bits per heavy atom. The van der Waals surface area contributed by atoms with Gasteiger partial charge in [-0.3, -0.25) is 0 Å². The van der Waals surface area contributed by atoms with E-state index in [1.807, 2.05) is 27.7 Å². The summed E-state index contributed by atoms with van der Waals surface area (Å²) in [5.74, 6) is -3.14. The van der Waals surface area contributed by atoms with Gasteiger partial charge in [-0.25, -0.2) is 4.79 Å². The van der Waals surface area contributed by atoms with Crippen molar-refractivity contribution in [3.63, 3.8) is 0 Å². The molecule has 154 valence electrons. The van der Waals surface area contributed by atoms with E-state index in [9.17, 15) is 4.79 Å². The highest BCUT2D eigenvalue weighted by molar-refractivity contribution is 5.86. The lowest BCUT2D eigenvalue weighted by Gasteiger charge is -2.40. The first-order chi connectivity index (χ1) is 12.8. The van der Waals surface area contributed by atoms with Crippen molar-refractivity contribution in [1.29, 1.82) is 0 Å². The van der Waals surface area contributed by atoms with Crippen molar-refractivity contribution in [3.8, 4) is 0 Å². The number of carbonyl (C=O) groups excluding carboxylic acids is 1. The zero-order valence-corrected chi connectivity index (χ0v) is 17.0. The van der Waals surface area contributed by atoms with Gasteiger partial charge >= 0.3 is 5.97 Å². The summed E-state index contributed by atoms with van der Waals surface area (Å²) in [5, 5.41) is 0. The van der Waals surface area contributed by atoms with E-state index in [2.05, 4.69) is 6.58 Å². The number of fused-ring (bicyclic) bond motifs is 3. The Kier molecular flexibility index (Phi) is 5.72. The molecule has 0 unspecified atom stereocenters. The number of rotatable bonds is 7. The molecule has 3 aliphatic rings. The van der Waals surface area contributed by atoms with Crippen LogP contribution in [0.3, 0.4) is 0 Å². The topological polar surface area (TPSA) is 72.5 Å². The van der Waals surface area contributed by atoms with E-state index in [4.69, 9.17) is 28.4 Å². The maximum absolute atomic E-state index is 12.0. The fraction of sp³-hybridized carbons (Fsp3) is 0.850. The van der Waals surface area contributed by atoms with Crippen LogP contribution in [0.1, 0.15) is 60.3 Å². The van der Waals surface area contributed by atoms with Crippen molar-refractivity contribution in [2.75, 3.05) is 13.2 Å². The number of ether oxygens (including phenoxy) is 6. The van der Waals surface area contributed by atoms with Crippen LogP contribution >= 0.6 is 0 Å². The quantitative estimate of drug-likeness (QED) is 0.493. The van der Waals surface area contributed by atoms with Crippen LogP contribution < -0.4 is 0 Å². The van der Waals surface area contributed by atoms with E-state index >= 15 is 0 Å². The Balaban J connectivity index is 1.88. The van der Waals surface area contributed by atoms with Gasteiger partial charge in [0.05, 0.1) is 6.61 Å². The van der Waals surface area contributed by atoms with Crippen molar-refractivity contribution in [2.24, 2.45) is 0 Å². The van der Waals surface area contributed by atoms with Crippen LogP contribution in [0.2, 0.25) is 0 Å². The zero-order valence-electron chi connectivity index (χ0n) is 17.0. The first kappa shape index (κ1) is 20.7. The highest BCUT2D eigenvalue weighted by Gasteiger charge is 2.67. The molecule has 0 N–H and O–H groups in total. The second kappa shape index (κ2) is 7.44. The molecule has 27 heavy (non-hydrogen) atoms. The molecule has 0 aromatic rings. The molecule has 3 saturated heterocycles. The third-order valence-corrected chi connectivity index (χ3v) is 5.92. The van der Waals surface area contributed by atoms with E-state index in [-0.39, 0.29) is 18.8 Å². The van der Waals surface area contributed by atoms with E-state index in [1.54, 1.807) is 6.92 Å². The van der Waals surface area contributed by atoms with Crippen LogP contribution in [-0.2, 0) is 33.2 Å². The fourth-order valence-electron chi connectivity index (χ4n) is 4.04. The van der Waals surface area contributed by atoms with Gasteiger partial charge in [-0.15, -0.1) is 0 Å². The van der Waals surface area contributed by atoms with E-state index < -0.39 is 29.4 Å². The Morgan fingerprint density at radius 3 is 2.22 bits per heavy atom. The van der Waals surface area contributed by atoms with E-state index in [0.717, 1.165) is 12.8 Å². The molecule has 7 nitrogen and oxygen atoms in total. The molecule has 3 fully saturated rings. The minimum atomic E-state index is -1.21. The van der Waals surface area contributed by atoms with Crippen molar-refractivity contribution in [1.82, 2.24) is 0 Å². The summed E-state index contributed by atoms with van der Waals surface area (Å²) in [6.45, 7) is 13.5. The van der Waals surface area contributed by atoms with Crippen LogP contribution in [0.15, 0.2) is 12.2 Å². The molecular weight excluding hydrogens is 352 g/mol. The monoisotopic (exact) mass is 384 g/mol. The third-order valence-electron chi connectivity index (χ3n) is 5.92. The minimum absolute atomic E-state index is 0.0804. The molecule has 3 heterocycles. The van der Waals surface area contributed by atoms with Crippen LogP contribution in [0.25, 0.3) is 0 Å². The number of esters is 1.